The highest BCUT2D eigenvalue weighted by Crippen LogP contribution is 2.34. The van der Waals surface area contributed by atoms with Crippen LogP contribution in [0.1, 0.15) is 18.9 Å². The molecule has 1 aromatic rings. The monoisotopic (exact) mass is 230 g/mol. The number of benzene rings is 1. The van der Waals surface area contributed by atoms with Gasteiger partial charge in [-0.15, -0.1) is 0 Å². The smallest absolute Gasteiger partial charge is 0.114 e. The van der Waals surface area contributed by atoms with Crippen molar-refractivity contribution in [3.8, 4) is 5.75 Å². The van der Waals surface area contributed by atoms with Gasteiger partial charge in [0, 0.05) is 0 Å². The van der Waals surface area contributed by atoms with Crippen molar-refractivity contribution < 1.29 is 5.11 Å². The van der Waals surface area contributed by atoms with Gasteiger partial charge < -0.3 is 5.11 Å². The largest absolute Gasteiger partial charge is 0.508 e. The molecule has 2 heteroatoms. The highest BCUT2D eigenvalue weighted by molar-refractivity contribution is 6.59. The van der Waals surface area contributed by atoms with E-state index in [0.717, 1.165) is 6.42 Å². The lowest BCUT2D eigenvalue weighted by Crippen LogP contribution is -2.28. The first-order chi connectivity index (χ1) is 7.61. The third-order valence-corrected chi connectivity index (χ3v) is 5.90. The molecule has 0 radical (unpaired) electrons. The summed E-state index contributed by atoms with van der Waals surface area (Å²) in [6.07, 6.45) is 9.86. The highest BCUT2D eigenvalue weighted by Gasteiger charge is 2.24. The van der Waals surface area contributed by atoms with E-state index in [-0.39, 0.29) is 5.04 Å². The standard InChI is InChI=1S/C14H18OSi/c1-11-7-6-8-12(15)13(11)16-14(2)9-4-3-5-10-14/h3-9,15H,10,16H2,1-2H3. The summed E-state index contributed by atoms with van der Waals surface area (Å²) in [7, 11) is -0.500. The second-order valence-electron chi connectivity index (χ2n) is 4.89. The van der Waals surface area contributed by atoms with Crippen LogP contribution in [-0.2, 0) is 0 Å². The van der Waals surface area contributed by atoms with Gasteiger partial charge in [-0.1, -0.05) is 43.4 Å². The average molecular weight is 230 g/mol. The van der Waals surface area contributed by atoms with Gasteiger partial charge in [0.15, 0.2) is 0 Å². The number of aryl methyl sites for hydroxylation is 1. The Morgan fingerprint density at radius 3 is 2.75 bits per heavy atom. The van der Waals surface area contributed by atoms with Crippen LogP contribution in [0, 0.1) is 6.92 Å². The minimum atomic E-state index is -0.500. The van der Waals surface area contributed by atoms with Crippen molar-refractivity contribution in [2.45, 2.75) is 25.3 Å². The van der Waals surface area contributed by atoms with Crippen LogP contribution in [0.25, 0.3) is 0 Å². The molecule has 1 aliphatic carbocycles. The first-order valence-corrected chi connectivity index (χ1v) is 7.14. The van der Waals surface area contributed by atoms with Crippen LogP contribution in [0.2, 0.25) is 5.04 Å². The molecule has 0 aliphatic heterocycles. The predicted octanol–water partition coefficient (Wildman–Crippen LogP) is 2.19. The zero-order valence-corrected chi connectivity index (χ0v) is 11.3. The summed E-state index contributed by atoms with van der Waals surface area (Å²) in [5.74, 6) is 0.482. The SMILES string of the molecule is Cc1cccc(O)c1[SiH2]C1(C)C=CC=CC1. The molecule has 0 heterocycles. The van der Waals surface area contributed by atoms with Gasteiger partial charge in [-0.05, 0) is 35.2 Å². The number of rotatable bonds is 2. The highest BCUT2D eigenvalue weighted by atomic mass is 28.2. The number of aromatic hydroxyl groups is 1. The molecule has 0 saturated carbocycles. The third-order valence-electron chi connectivity index (χ3n) is 3.30. The molecular formula is C14H18OSi. The van der Waals surface area contributed by atoms with Gasteiger partial charge in [0.25, 0.3) is 0 Å². The molecule has 1 aliphatic rings. The Hall–Kier alpha value is -1.28. The first kappa shape index (κ1) is 11.2. The fourth-order valence-electron chi connectivity index (χ4n) is 2.22. The molecule has 16 heavy (non-hydrogen) atoms. The van der Waals surface area contributed by atoms with Gasteiger partial charge >= 0.3 is 0 Å². The van der Waals surface area contributed by atoms with Crippen molar-refractivity contribution in [2.75, 3.05) is 0 Å². The van der Waals surface area contributed by atoms with Crippen LogP contribution in [0.4, 0.5) is 0 Å². The molecule has 1 nitrogen and oxygen atoms in total. The molecule has 0 bridgehead atoms. The van der Waals surface area contributed by atoms with Gasteiger partial charge in [0.05, 0.1) is 9.52 Å². The number of allylic oxidation sites excluding steroid dienone is 4. The van der Waals surface area contributed by atoms with Crippen molar-refractivity contribution >= 4 is 14.7 Å². The number of phenols is 1. The Morgan fingerprint density at radius 2 is 2.12 bits per heavy atom. The van der Waals surface area contributed by atoms with Crippen molar-refractivity contribution in [3.63, 3.8) is 0 Å². The lowest BCUT2D eigenvalue weighted by molar-refractivity contribution is 0.479. The molecule has 0 amide bonds. The third kappa shape index (κ3) is 2.27. The topological polar surface area (TPSA) is 20.2 Å². The van der Waals surface area contributed by atoms with E-state index < -0.39 is 9.52 Å². The molecule has 1 N–H and O–H groups in total. The van der Waals surface area contributed by atoms with Crippen LogP contribution in [0.3, 0.4) is 0 Å². The Balaban J connectivity index is 2.27. The molecule has 1 unspecified atom stereocenters. The van der Waals surface area contributed by atoms with E-state index in [1.54, 1.807) is 6.07 Å². The molecule has 1 aromatic carbocycles. The van der Waals surface area contributed by atoms with Gasteiger partial charge in [0.2, 0.25) is 0 Å². The van der Waals surface area contributed by atoms with Crippen LogP contribution >= 0.6 is 0 Å². The molecule has 0 fully saturated rings. The maximum Gasteiger partial charge on any atom is 0.114 e. The van der Waals surface area contributed by atoms with E-state index in [9.17, 15) is 5.11 Å². The summed E-state index contributed by atoms with van der Waals surface area (Å²) >= 11 is 0. The van der Waals surface area contributed by atoms with Crippen molar-refractivity contribution in [1.82, 2.24) is 0 Å². The summed E-state index contributed by atoms with van der Waals surface area (Å²) in [5.41, 5.74) is 1.23. The molecular weight excluding hydrogens is 212 g/mol. The normalized spacial score (nSPS) is 24.4. The molecule has 1 atom stereocenters. The van der Waals surface area contributed by atoms with Crippen molar-refractivity contribution in [1.29, 1.82) is 0 Å². The Bertz CT molecular complexity index is 428. The van der Waals surface area contributed by atoms with Gasteiger partial charge in [0.1, 0.15) is 5.75 Å². The van der Waals surface area contributed by atoms with E-state index in [1.165, 1.54) is 10.8 Å². The van der Waals surface area contributed by atoms with E-state index in [2.05, 4.69) is 44.2 Å². The minimum Gasteiger partial charge on any atom is -0.508 e. The zero-order chi connectivity index (χ0) is 11.6. The summed E-state index contributed by atoms with van der Waals surface area (Å²) in [5, 5.41) is 11.4. The maximum atomic E-state index is 9.93. The van der Waals surface area contributed by atoms with Gasteiger partial charge in [-0.2, -0.15) is 0 Å². The lowest BCUT2D eigenvalue weighted by atomic mass is 10.0. The second kappa shape index (κ2) is 4.30. The Labute approximate surface area is 99.3 Å². The summed E-state index contributed by atoms with van der Waals surface area (Å²) in [4.78, 5) is 0. The zero-order valence-electron chi connectivity index (χ0n) is 9.90. The summed E-state index contributed by atoms with van der Waals surface area (Å²) in [6, 6.07) is 5.82. The van der Waals surface area contributed by atoms with Crippen molar-refractivity contribution in [2.24, 2.45) is 0 Å². The maximum absolute atomic E-state index is 9.93. The number of hydrogen-bond acceptors (Lipinski definition) is 1. The first-order valence-electron chi connectivity index (χ1n) is 5.73. The Morgan fingerprint density at radius 1 is 1.31 bits per heavy atom. The Kier molecular flexibility index (Phi) is 3.01. The van der Waals surface area contributed by atoms with E-state index in [0.29, 0.717) is 5.75 Å². The van der Waals surface area contributed by atoms with Crippen LogP contribution in [-0.4, -0.2) is 14.6 Å². The van der Waals surface area contributed by atoms with Gasteiger partial charge in [-0.3, -0.25) is 0 Å². The fourth-order valence-corrected chi connectivity index (χ4v) is 4.29. The molecule has 0 aromatic heterocycles. The van der Waals surface area contributed by atoms with Crippen molar-refractivity contribution in [3.05, 3.63) is 48.1 Å². The van der Waals surface area contributed by atoms with E-state index >= 15 is 0 Å². The number of hydrogen-bond donors (Lipinski definition) is 1. The summed E-state index contributed by atoms with van der Waals surface area (Å²) in [6.45, 7) is 4.39. The van der Waals surface area contributed by atoms with Gasteiger partial charge in [-0.25, -0.2) is 0 Å². The number of phenolic OH excluding ortho intramolecular Hbond substituents is 1. The molecule has 2 rings (SSSR count). The molecule has 0 spiro atoms. The fraction of sp³-hybridized carbons (Fsp3) is 0.286. The second-order valence-corrected chi connectivity index (χ2v) is 7.57. The lowest BCUT2D eigenvalue weighted by Gasteiger charge is -2.27. The van der Waals surface area contributed by atoms with Crippen LogP contribution < -0.4 is 5.19 Å². The van der Waals surface area contributed by atoms with E-state index in [4.69, 9.17) is 0 Å². The molecule has 0 saturated heterocycles. The van der Waals surface area contributed by atoms with E-state index in [1.807, 2.05) is 6.07 Å². The van der Waals surface area contributed by atoms with Crippen LogP contribution in [0.5, 0.6) is 5.75 Å². The molecule has 84 valence electrons. The summed E-state index contributed by atoms with van der Waals surface area (Å²) < 4.78 is 0. The quantitative estimate of drug-likeness (QED) is 0.772. The van der Waals surface area contributed by atoms with Crippen LogP contribution in [0.15, 0.2) is 42.5 Å². The average Bonchev–Trinajstić information content (AvgIpc) is 2.25. The minimum absolute atomic E-state index is 0.276. The predicted molar refractivity (Wildman–Crippen MR) is 72.3 cm³/mol.